The van der Waals surface area contributed by atoms with Crippen LogP contribution < -0.4 is 0 Å². The van der Waals surface area contributed by atoms with E-state index in [0.717, 1.165) is 0 Å². The second-order valence-corrected chi connectivity index (χ2v) is 4.64. The SMILES string of the molecule is C=CCO[C@@H]1[C@H]2OC(C)(C)O[C@H]2O[C@@H]1CN=[N+]=[N-]. The van der Waals surface area contributed by atoms with Crippen molar-refractivity contribution in [2.75, 3.05) is 13.2 Å². The highest BCUT2D eigenvalue weighted by Gasteiger charge is 2.54. The van der Waals surface area contributed by atoms with Gasteiger partial charge < -0.3 is 18.9 Å². The number of azide groups is 1. The van der Waals surface area contributed by atoms with Crippen molar-refractivity contribution in [3.05, 3.63) is 23.1 Å². The minimum absolute atomic E-state index is 0.193. The molecule has 2 aliphatic heterocycles. The summed E-state index contributed by atoms with van der Waals surface area (Å²) in [6, 6.07) is 0. The van der Waals surface area contributed by atoms with E-state index >= 15 is 0 Å². The van der Waals surface area contributed by atoms with Crippen LogP contribution in [-0.4, -0.2) is 43.5 Å². The largest absolute Gasteiger partial charge is 0.369 e. The van der Waals surface area contributed by atoms with E-state index in [0.29, 0.717) is 6.61 Å². The molecule has 0 radical (unpaired) electrons. The zero-order chi connectivity index (χ0) is 13.2. The van der Waals surface area contributed by atoms with E-state index in [1.165, 1.54) is 0 Å². The summed E-state index contributed by atoms with van der Waals surface area (Å²) >= 11 is 0. The van der Waals surface area contributed by atoms with Gasteiger partial charge in [0.05, 0.1) is 19.3 Å². The molecule has 0 N–H and O–H groups in total. The third-order valence-electron chi connectivity index (χ3n) is 2.82. The van der Waals surface area contributed by atoms with Crippen LogP contribution in [0.15, 0.2) is 17.8 Å². The number of hydrogen-bond acceptors (Lipinski definition) is 5. The first-order valence-electron chi connectivity index (χ1n) is 5.82. The fourth-order valence-corrected chi connectivity index (χ4v) is 2.19. The maximum atomic E-state index is 8.36. The summed E-state index contributed by atoms with van der Waals surface area (Å²) in [5.41, 5.74) is 8.36. The van der Waals surface area contributed by atoms with Gasteiger partial charge in [-0.2, -0.15) is 0 Å². The smallest absolute Gasteiger partial charge is 0.190 e. The zero-order valence-corrected chi connectivity index (χ0v) is 10.5. The van der Waals surface area contributed by atoms with E-state index in [1.54, 1.807) is 6.08 Å². The van der Waals surface area contributed by atoms with E-state index in [2.05, 4.69) is 16.6 Å². The van der Waals surface area contributed by atoms with Crippen molar-refractivity contribution >= 4 is 0 Å². The molecule has 0 aromatic rings. The summed E-state index contributed by atoms with van der Waals surface area (Å²) in [5, 5.41) is 3.51. The summed E-state index contributed by atoms with van der Waals surface area (Å²) in [5.74, 6) is -0.686. The first-order valence-corrected chi connectivity index (χ1v) is 5.82. The van der Waals surface area contributed by atoms with Crippen molar-refractivity contribution in [2.24, 2.45) is 5.11 Å². The molecule has 2 aliphatic rings. The number of fused-ring (bicyclic) bond motifs is 1. The quantitative estimate of drug-likeness (QED) is 0.324. The second-order valence-electron chi connectivity index (χ2n) is 4.64. The third kappa shape index (κ3) is 2.66. The molecular formula is C11H17N3O4. The highest BCUT2D eigenvalue weighted by Crippen LogP contribution is 2.38. The zero-order valence-electron chi connectivity index (χ0n) is 10.5. The molecule has 0 unspecified atom stereocenters. The van der Waals surface area contributed by atoms with E-state index in [-0.39, 0.29) is 24.9 Å². The highest BCUT2D eigenvalue weighted by molar-refractivity contribution is 4.95. The van der Waals surface area contributed by atoms with Crippen LogP contribution in [0.3, 0.4) is 0 Å². The molecule has 7 heteroatoms. The Hall–Kier alpha value is -1.11. The van der Waals surface area contributed by atoms with Crippen LogP contribution in [0, 0.1) is 0 Å². The fraction of sp³-hybridized carbons (Fsp3) is 0.818. The molecule has 2 fully saturated rings. The molecule has 0 aromatic carbocycles. The van der Waals surface area contributed by atoms with E-state index < -0.39 is 12.1 Å². The molecule has 4 atom stereocenters. The average molecular weight is 255 g/mol. The van der Waals surface area contributed by atoms with Crippen LogP contribution in [0.1, 0.15) is 13.8 Å². The van der Waals surface area contributed by atoms with Gasteiger partial charge in [-0.1, -0.05) is 11.2 Å². The van der Waals surface area contributed by atoms with E-state index in [9.17, 15) is 0 Å². The van der Waals surface area contributed by atoms with Crippen molar-refractivity contribution in [3.8, 4) is 0 Å². The number of ether oxygens (including phenoxy) is 4. The molecule has 100 valence electrons. The van der Waals surface area contributed by atoms with Gasteiger partial charge in [0.1, 0.15) is 12.2 Å². The lowest BCUT2D eigenvalue weighted by Crippen LogP contribution is -2.38. The Morgan fingerprint density at radius 1 is 1.50 bits per heavy atom. The number of hydrogen-bond donors (Lipinski definition) is 0. The monoisotopic (exact) mass is 255 g/mol. The Morgan fingerprint density at radius 2 is 2.28 bits per heavy atom. The van der Waals surface area contributed by atoms with Crippen molar-refractivity contribution in [3.63, 3.8) is 0 Å². The van der Waals surface area contributed by atoms with E-state index in [4.69, 9.17) is 24.5 Å². The highest BCUT2D eigenvalue weighted by atomic mass is 16.8. The minimum Gasteiger partial charge on any atom is -0.369 e. The standard InChI is InChI=1S/C11H17N3O4/c1-4-5-15-8-7(6-13-14-12)16-10-9(8)17-11(2,3)18-10/h4,7-10H,1,5-6H2,2-3H3/t7-,8+,9-,10-/m1/s1. The Labute approximate surface area is 105 Å². The predicted octanol–water partition coefficient (Wildman–Crippen LogP) is 1.74. The van der Waals surface area contributed by atoms with Gasteiger partial charge in [0.15, 0.2) is 12.1 Å². The Kier molecular flexibility index (Phi) is 3.89. The van der Waals surface area contributed by atoms with Crippen LogP contribution in [0.2, 0.25) is 0 Å². The average Bonchev–Trinajstić information content (AvgIpc) is 2.76. The topological polar surface area (TPSA) is 85.7 Å². The molecular weight excluding hydrogens is 238 g/mol. The lowest BCUT2D eigenvalue weighted by atomic mass is 10.1. The summed E-state index contributed by atoms with van der Waals surface area (Å²) < 4.78 is 22.7. The molecule has 2 heterocycles. The van der Waals surface area contributed by atoms with Gasteiger partial charge >= 0.3 is 0 Å². The van der Waals surface area contributed by atoms with Gasteiger partial charge in [-0.25, -0.2) is 0 Å². The van der Waals surface area contributed by atoms with Crippen molar-refractivity contribution in [2.45, 2.75) is 44.2 Å². The van der Waals surface area contributed by atoms with Crippen molar-refractivity contribution in [1.29, 1.82) is 0 Å². The van der Waals surface area contributed by atoms with Crippen LogP contribution in [0.5, 0.6) is 0 Å². The molecule has 2 rings (SSSR count). The summed E-state index contributed by atoms with van der Waals surface area (Å²) in [7, 11) is 0. The molecule has 18 heavy (non-hydrogen) atoms. The molecule has 0 bridgehead atoms. The number of rotatable bonds is 5. The van der Waals surface area contributed by atoms with Crippen LogP contribution in [0.4, 0.5) is 0 Å². The number of nitrogens with zero attached hydrogens (tertiary/aromatic N) is 3. The molecule has 2 saturated heterocycles. The molecule has 0 aromatic heterocycles. The van der Waals surface area contributed by atoms with Crippen molar-refractivity contribution < 1.29 is 18.9 Å². The normalized spacial score (nSPS) is 37.0. The predicted molar refractivity (Wildman–Crippen MR) is 62.6 cm³/mol. The Bertz CT molecular complexity index is 367. The Morgan fingerprint density at radius 3 is 2.94 bits per heavy atom. The molecule has 0 amide bonds. The first-order chi connectivity index (χ1) is 8.57. The van der Waals surface area contributed by atoms with Gasteiger partial charge in [-0.15, -0.1) is 6.58 Å². The molecule has 7 nitrogen and oxygen atoms in total. The summed E-state index contributed by atoms with van der Waals surface area (Å²) in [4.78, 5) is 2.72. The van der Waals surface area contributed by atoms with Gasteiger partial charge in [0, 0.05) is 4.91 Å². The summed E-state index contributed by atoms with van der Waals surface area (Å²) in [6.07, 6.45) is 0.193. The lowest BCUT2D eigenvalue weighted by molar-refractivity contribution is -0.216. The van der Waals surface area contributed by atoms with Gasteiger partial charge in [-0.05, 0) is 19.4 Å². The molecule has 0 spiro atoms. The van der Waals surface area contributed by atoms with Gasteiger partial charge in [-0.3, -0.25) is 0 Å². The molecule has 0 aliphatic carbocycles. The van der Waals surface area contributed by atoms with Gasteiger partial charge in [0.2, 0.25) is 0 Å². The maximum absolute atomic E-state index is 8.36. The van der Waals surface area contributed by atoms with Crippen LogP contribution >= 0.6 is 0 Å². The fourth-order valence-electron chi connectivity index (χ4n) is 2.19. The lowest BCUT2D eigenvalue weighted by Gasteiger charge is -2.24. The minimum atomic E-state index is -0.686. The maximum Gasteiger partial charge on any atom is 0.190 e. The van der Waals surface area contributed by atoms with Crippen LogP contribution in [-0.2, 0) is 18.9 Å². The van der Waals surface area contributed by atoms with Gasteiger partial charge in [0.25, 0.3) is 0 Å². The molecule has 0 saturated carbocycles. The second kappa shape index (κ2) is 5.26. The van der Waals surface area contributed by atoms with Crippen molar-refractivity contribution in [1.82, 2.24) is 0 Å². The first kappa shape index (κ1) is 13.3. The third-order valence-corrected chi connectivity index (χ3v) is 2.82. The summed E-state index contributed by atoms with van der Waals surface area (Å²) in [6.45, 7) is 7.82. The van der Waals surface area contributed by atoms with Crippen LogP contribution in [0.25, 0.3) is 10.4 Å². The van der Waals surface area contributed by atoms with E-state index in [1.807, 2.05) is 13.8 Å². The Balaban J connectivity index is 2.06.